The van der Waals surface area contributed by atoms with Crippen molar-refractivity contribution in [2.45, 2.75) is 105 Å². The second-order valence-electron chi connectivity index (χ2n) is 11.3. The number of piperidine rings is 1. The summed E-state index contributed by atoms with van der Waals surface area (Å²) in [6.07, 6.45) is 8.00. The lowest BCUT2D eigenvalue weighted by molar-refractivity contribution is -0.0324. The van der Waals surface area contributed by atoms with E-state index in [0.717, 1.165) is 31.8 Å². The van der Waals surface area contributed by atoms with Gasteiger partial charge in [-0.1, -0.05) is 48.0 Å². The molecular formula is C23H46N2O. The number of morpholine rings is 1. The Morgan fingerprint density at radius 2 is 1.54 bits per heavy atom. The summed E-state index contributed by atoms with van der Waals surface area (Å²) in [5, 5.41) is 0. The maximum atomic E-state index is 5.90. The zero-order valence-corrected chi connectivity index (χ0v) is 18.8. The lowest BCUT2D eigenvalue weighted by Gasteiger charge is -2.45. The first-order chi connectivity index (χ1) is 12.1. The summed E-state index contributed by atoms with van der Waals surface area (Å²) in [4.78, 5) is 5.57. The van der Waals surface area contributed by atoms with Crippen LogP contribution in [-0.4, -0.2) is 60.8 Å². The Kier molecular flexibility index (Phi) is 8.00. The highest BCUT2D eigenvalue weighted by Gasteiger charge is 2.33. The first-order valence-corrected chi connectivity index (χ1v) is 11.1. The van der Waals surface area contributed by atoms with E-state index in [0.29, 0.717) is 16.9 Å². The fraction of sp³-hybridized carbons (Fsp3) is 1.00. The van der Waals surface area contributed by atoms with Gasteiger partial charge in [-0.3, -0.25) is 9.80 Å². The van der Waals surface area contributed by atoms with Gasteiger partial charge >= 0.3 is 0 Å². The van der Waals surface area contributed by atoms with Crippen molar-refractivity contribution in [3.8, 4) is 0 Å². The average molecular weight is 367 g/mol. The molecule has 2 heterocycles. The van der Waals surface area contributed by atoms with Gasteiger partial charge in [0.2, 0.25) is 0 Å². The van der Waals surface area contributed by atoms with Crippen molar-refractivity contribution in [1.29, 1.82) is 0 Å². The van der Waals surface area contributed by atoms with Crippen LogP contribution in [0.5, 0.6) is 0 Å². The lowest BCUT2D eigenvalue weighted by atomic mass is 9.87. The van der Waals surface area contributed by atoms with E-state index in [-0.39, 0.29) is 0 Å². The molecule has 2 saturated heterocycles. The normalized spacial score (nSPS) is 29.9. The fourth-order valence-corrected chi connectivity index (χ4v) is 4.45. The Balaban J connectivity index is 1.96. The zero-order valence-electron chi connectivity index (χ0n) is 18.8. The number of likely N-dealkylation sites (tertiary alicyclic amines) is 1. The molecule has 3 atom stereocenters. The summed E-state index contributed by atoms with van der Waals surface area (Å²) in [5.74, 6) is 0. The van der Waals surface area contributed by atoms with E-state index in [1.807, 2.05) is 0 Å². The molecule has 0 aromatic carbocycles. The summed E-state index contributed by atoms with van der Waals surface area (Å²) in [5.41, 5.74) is 0.843. The van der Waals surface area contributed by atoms with Crippen molar-refractivity contribution in [3.63, 3.8) is 0 Å². The molecule has 0 N–H and O–H groups in total. The second-order valence-corrected chi connectivity index (χ2v) is 11.3. The van der Waals surface area contributed by atoms with Crippen molar-refractivity contribution in [2.24, 2.45) is 10.8 Å². The van der Waals surface area contributed by atoms with E-state index >= 15 is 0 Å². The van der Waals surface area contributed by atoms with E-state index in [2.05, 4.69) is 58.3 Å². The smallest absolute Gasteiger partial charge is 0.0623 e. The van der Waals surface area contributed by atoms with Crippen LogP contribution >= 0.6 is 0 Å². The number of nitrogens with zero attached hydrogens (tertiary/aromatic N) is 2. The predicted octanol–water partition coefficient (Wildman–Crippen LogP) is 5.19. The van der Waals surface area contributed by atoms with Crippen LogP contribution in [0.1, 0.15) is 87.0 Å². The number of rotatable bonds is 6. The summed E-state index contributed by atoms with van der Waals surface area (Å²) in [6.45, 7) is 22.1. The molecule has 2 aliphatic heterocycles. The van der Waals surface area contributed by atoms with Crippen LogP contribution in [-0.2, 0) is 4.74 Å². The molecule has 0 saturated carbocycles. The van der Waals surface area contributed by atoms with Crippen molar-refractivity contribution >= 4 is 0 Å². The Morgan fingerprint density at radius 3 is 2.19 bits per heavy atom. The third-order valence-corrected chi connectivity index (χ3v) is 6.36. The van der Waals surface area contributed by atoms with Gasteiger partial charge in [0.15, 0.2) is 0 Å². The quantitative estimate of drug-likeness (QED) is 0.643. The molecule has 2 fully saturated rings. The molecule has 0 amide bonds. The van der Waals surface area contributed by atoms with Gasteiger partial charge < -0.3 is 4.74 Å². The monoisotopic (exact) mass is 366 g/mol. The first-order valence-electron chi connectivity index (χ1n) is 11.1. The van der Waals surface area contributed by atoms with Crippen LogP contribution < -0.4 is 0 Å². The van der Waals surface area contributed by atoms with Gasteiger partial charge in [-0.15, -0.1) is 0 Å². The molecule has 154 valence electrons. The Morgan fingerprint density at radius 1 is 0.885 bits per heavy atom. The van der Waals surface area contributed by atoms with Crippen LogP contribution in [0.4, 0.5) is 0 Å². The maximum absolute atomic E-state index is 5.90. The highest BCUT2D eigenvalue weighted by molar-refractivity contribution is 4.88. The van der Waals surface area contributed by atoms with Crippen molar-refractivity contribution in [3.05, 3.63) is 0 Å². The van der Waals surface area contributed by atoms with E-state index in [1.54, 1.807) is 0 Å². The molecule has 3 unspecified atom stereocenters. The van der Waals surface area contributed by atoms with Crippen LogP contribution in [0.2, 0.25) is 0 Å². The van der Waals surface area contributed by atoms with Crippen molar-refractivity contribution in [2.75, 3.05) is 32.8 Å². The Hall–Kier alpha value is -0.120. The van der Waals surface area contributed by atoms with Gasteiger partial charge in [0.25, 0.3) is 0 Å². The number of hydrogen-bond donors (Lipinski definition) is 0. The number of hydrogen-bond acceptors (Lipinski definition) is 3. The van der Waals surface area contributed by atoms with E-state index in [4.69, 9.17) is 4.74 Å². The molecule has 0 aliphatic carbocycles. The SMILES string of the molecule is CC1CCCC(CC2COCCN2CCC(C)(C)C)N1CCC(C)(C)C. The molecule has 2 rings (SSSR count). The van der Waals surface area contributed by atoms with Gasteiger partial charge in [-0.05, 0) is 62.9 Å². The Labute approximate surface area is 163 Å². The topological polar surface area (TPSA) is 15.7 Å². The molecule has 0 spiro atoms. The van der Waals surface area contributed by atoms with Crippen molar-refractivity contribution in [1.82, 2.24) is 9.80 Å². The number of ether oxygens (including phenoxy) is 1. The van der Waals surface area contributed by atoms with Crippen molar-refractivity contribution < 1.29 is 4.74 Å². The average Bonchev–Trinajstić information content (AvgIpc) is 2.52. The molecule has 0 bridgehead atoms. The molecular weight excluding hydrogens is 320 g/mol. The van der Waals surface area contributed by atoms with Crippen LogP contribution in [0.25, 0.3) is 0 Å². The summed E-state index contributed by atoms with van der Waals surface area (Å²) >= 11 is 0. The maximum Gasteiger partial charge on any atom is 0.0623 e. The van der Waals surface area contributed by atoms with Gasteiger partial charge in [-0.2, -0.15) is 0 Å². The van der Waals surface area contributed by atoms with Gasteiger partial charge in [0.1, 0.15) is 0 Å². The molecule has 0 aromatic rings. The third kappa shape index (κ3) is 7.48. The summed E-state index contributed by atoms with van der Waals surface area (Å²) in [6, 6.07) is 2.09. The van der Waals surface area contributed by atoms with Gasteiger partial charge in [-0.25, -0.2) is 0 Å². The highest BCUT2D eigenvalue weighted by Crippen LogP contribution is 2.30. The fourth-order valence-electron chi connectivity index (χ4n) is 4.45. The van der Waals surface area contributed by atoms with Crippen LogP contribution in [0.3, 0.4) is 0 Å². The van der Waals surface area contributed by atoms with Gasteiger partial charge in [0, 0.05) is 24.7 Å². The minimum Gasteiger partial charge on any atom is -0.378 e. The first kappa shape index (κ1) is 22.2. The standard InChI is InChI=1S/C23H46N2O/c1-19-9-8-10-20(25(19)14-12-23(5,6)7)17-21-18-26-16-15-24(21)13-11-22(2,3)4/h19-21H,8-18H2,1-7H3. The molecule has 0 aromatic heterocycles. The largest absolute Gasteiger partial charge is 0.378 e. The van der Waals surface area contributed by atoms with E-state index in [1.165, 1.54) is 51.6 Å². The summed E-state index contributed by atoms with van der Waals surface area (Å²) < 4.78 is 5.90. The molecule has 26 heavy (non-hydrogen) atoms. The molecule has 3 heteroatoms. The molecule has 2 aliphatic rings. The molecule has 0 radical (unpaired) electrons. The van der Waals surface area contributed by atoms with E-state index < -0.39 is 0 Å². The molecule has 3 nitrogen and oxygen atoms in total. The van der Waals surface area contributed by atoms with E-state index in [9.17, 15) is 0 Å². The minimum atomic E-state index is 0.418. The second kappa shape index (κ2) is 9.39. The van der Waals surface area contributed by atoms with Crippen LogP contribution in [0, 0.1) is 10.8 Å². The predicted molar refractivity (Wildman–Crippen MR) is 113 cm³/mol. The Bertz CT molecular complexity index is 409. The van der Waals surface area contributed by atoms with Crippen LogP contribution in [0.15, 0.2) is 0 Å². The summed E-state index contributed by atoms with van der Waals surface area (Å²) in [7, 11) is 0. The lowest BCUT2D eigenvalue weighted by Crippen LogP contribution is -2.53. The highest BCUT2D eigenvalue weighted by atomic mass is 16.5. The third-order valence-electron chi connectivity index (χ3n) is 6.36. The van der Waals surface area contributed by atoms with Gasteiger partial charge in [0.05, 0.1) is 13.2 Å². The zero-order chi connectivity index (χ0) is 19.4. The minimum absolute atomic E-state index is 0.418.